The van der Waals surface area contributed by atoms with E-state index in [0.717, 1.165) is 21.8 Å². The van der Waals surface area contributed by atoms with E-state index in [1.54, 1.807) is 31.2 Å². The van der Waals surface area contributed by atoms with Crippen molar-refractivity contribution >= 4 is 27.3 Å². The van der Waals surface area contributed by atoms with Crippen LogP contribution >= 0.6 is 11.3 Å². The Balaban J connectivity index is 1.97. The molecule has 112 valence electrons. The van der Waals surface area contributed by atoms with Gasteiger partial charge in [-0.15, -0.1) is 11.3 Å². The zero-order valence-corrected chi connectivity index (χ0v) is 13.3. The first-order valence-corrected chi connectivity index (χ1v) is 8.51. The second-order valence-electron chi connectivity index (χ2n) is 4.43. The number of rotatable bonds is 5. The summed E-state index contributed by atoms with van der Waals surface area (Å²) in [5.41, 5.74) is 0.808. The van der Waals surface area contributed by atoms with Gasteiger partial charge in [-0.3, -0.25) is 4.79 Å². The van der Waals surface area contributed by atoms with Crippen molar-refractivity contribution in [2.75, 3.05) is 6.54 Å². The highest BCUT2D eigenvalue weighted by Crippen LogP contribution is 2.20. The molecule has 0 saturated carbocycles. The third-order valence-electron chi connectivity index (χ3n) is 2.70. The van der Waals surface area contributed by atoms with Crippen LogP contribution in [0.2, 0.25) is 0 Å². The Labute approximate surface area is 127 Å². The number of esters is 1. The topological polar surface area (TPSA) is 72.5 Å². The molecule has 2 rings (SSSR count). The highest BCUT2D eigenvalue weighted by molar-refractivity contribution is 7.91. The van der Waals surface area contributed by atoms with E-state index < -0.39 is 22.5 Å². The smallest absolute Gasteiger partial charge is 0.326 e. The molecule has 1 N–H and O–H groups in total. The van der Waals surface area contributed by atoms with Crippen molar-refractivity contribution in [2.45, 2.75) is 18.1 Å². The van der Waals surface area contributed by atoms with Crippen molar-refractivity contribution in [2.24, 2.45) is 0 Å². The maximum atomic E-state index is 12.0. The average Bonchev–Trinajstić information content (AvgIpc) is 2.87. The van der Waals surface area contributed by atoms with E-state index in [4.69, 9.17) is 4.74 Å². The van der Waals surface area contributed by atoms with Gasteiger partial charge in [0, 0.05) is 4.88 Å². The number of thiophene rings is 1. The Morgan fingerprint density at radius 1 is 1.19 bits per heavy atom. The Hall–Kier alpha value is -1.70. The Morgan fingerprint density at radius 2 is 1.90 bits per heavy atom. The van der Waals surface area contributed by atoms with E-state index in [9.17, 15) is 13.2 Å². The molecule has 0 aliphatic heterocycles. The molecule has 5 nitrogen and oxygen atoms in total. The molecule has 0 aliphatic rings. The molecule has 1 heterocycles. The molecule has 0 unspecified atom stereocenters. The van der Waals surface area contributed by atoms with E-state index in [1.165, 1.54) is 6.07 Å². The number of para-hydroxylation sites is 1. The van der Waals surface area contributed by atoms with Gasteiger partial charge in [0.2, 0.25) is 0 Å². The van der Waals surface area contributed by atoms with E-state index in [0.29, 0.717) is 5.75 Å². The molecule has 0 radical (unpaired) electrons. The van der Waals surface area contributed by atoms with Gasteiger partial charge in [-0.25, -0.2) is 8.42 Å². The van der Waals surface area contributed by atoms with Crippen LogP contribution in [0.5, 0.6) is 5.75 Å². The molecule has 0 atom stereocenters. The predicted molar refractivity (Wildman–Crippen MR) is 81.1 cm³/mol. The number of benzene rings is 1. The summed E-state index contributed by atoms with van der Waals surface area (Å²) >= 11 is 1.15. The SMILES string of the molecule is Cc1ccc(S(=O)(=O)NCC(=O)Oc2ccccc2C)s1. The number of nitrogens with one attached hydrogen (secondary N) is 1. The molecule has 0 saturated heterocycles. The first-order chi connectivity index (χ1) is 9.88. The molecule has 0 aliphatic carbocycles. The number of hydrogen-bond donors (Lipinski definition) is 1. The van der Waals surface area contributed by atoms with Crippen LogP contribution in [-0.2, 0) is 14.8 Å². The summed E-state index contributed by atoms with van der Waals surface area (Å²) in [4.78, 5) is 12.6. The fourth-order valence-electron chi connectivity index (χ4n) is 1.61. The highest BCUT2D eigenvalue weighted by atomic mass is 32.2. The predicted octanol–water partition coefficient (Wildman–Crippen LogP) is 2.25. The lowest BCUT2D eigenvalue weighted by atomic mass is 10.2. The third-order valence-corrected chi connectivity index (χ3v) is 5.60. The minimum atomic E-state index is -3.67. The van der Waals surface area contributed by atoms with Gasteiger partial charge in [0.05, 0.1) is 0 Å². The van der Waals surface area contributed by atoms with Gasteiger partial charge in [0.15, 0.2) is 0 Å². The summed E-state index contributed by atoms with van der Waals surface area (Å²) in [6.07, 6.45) is 0. The molecule has 7 heteroatoms. The minimum Gasteiger partial charge on any atom is -0.425 e. The minimum absolute atomic E-state index is 0.184. The van der Waals surface area contributed by atoms with Crippen LogP contribution in [0.3, 0.4) is 0 Å². The number of aryl methyl sites for hydroxylation is 2. The molecule has 1 aromatic carbocycles. The number of carbonyl (C=O) groups is 1. The van der Waals surface area contributed by atoms with Crippen molar-refractivity contribution < 1.29 is 17.9 Å². The van der Waals surface area contributed by atoms with Gasteiger partial charge in [-0.1, -0.05) is 18.2 Å². The van der Waals surface area contributed by atoms with Crippen molar-refractivity contribution in [3.8, 4) is 5.75 Å². The first-order valence-electron chi connectivity index (χ1n) is 6.21. The monoisotopic (exact) mass is 325 g/mol. The Bertz CT molecular complexity index is 750. The van der Waals surface area contributed by atoms with E-state index in [1.807, 2.05) is 13.0 Å². The second-order valence-corrected chi connectivity index (χ2v) is 7.71. The summed E-state index contributed by atoms with van der Waals surface area (Å²) in [5, 5.41) is 0. The van der Waals surface area contributed by atoms with Crippen LogP contribution in [0, 0.1) is 13.8 Å². The normalized spacial score (nSPS) is 11.3. The molecule has 21 heavy (non-hydrogen) atoms. The zero-order chi connectivity index (χ0) is 15.5. The molecule has 0 bridgehead atoms. The largest absolute Gasteiger partial charge is 0.425 e. The lowest BCUT2D eigenvalue weighted by molar-refractivity contribution is -0.133. The lowest BCUT2D eigenvalue weighted by Gasteiger charge is -2.07. The number of ether oxygens (including phenoxy) is 1. The summed E-state index contributed by atoms with van der Waals surface area (Å²) < 4.78 is 31.5. The van der Waals surface area contributed by atoms with E-state index in [2.05, 4.69) is 4.72 Å². The highest BCUT2D eigenvalue weighted by Gasteiger charge is 2.18. The quantitative estimate of drug-likeness (QED) is 0.676. The van der Waals surface area contributed by atoms with Crippen LogP contribution in [0.15, 0.2) is 40.6 Å². The molecule has 0 spiro atoms. The van der Waals surface area contributed by atoms with Crippen molar-refractivity contribution in [1.82, 2.24) is 4.72 Å². The number of hydrogen-bond acceptors (Lipinski definition) is 5. The van der Waals surface area contributed by atoms with Crippen LogP contribution in [0.25, 0.3) is 0 Å². The Morgan fingerprint density at radius 3 is 2.52 bits per heavy atom. The van der Waals surface area contributed by atoms with Gasteiger partial charge in [0.1, 0.15) is 16.5 Å². The van der Waals surface area contributed by atoms with Crippen LogP contribution in [0.1, 0.15) is 10.4 Å². The zero-order valence-electron chi connectivity index (χ0n) is 11.6. The van der Waals surface area contributed by atoms with Crippen molar-refractivity contribution in [1.29, 1.82) is 0 Å². The summed E-state index contributed by atoms with van der Waals surface area (Å²) in [6, 6.07) is 10.3. The van der Waals surface area contributed by atoms with Crippen molar-refractivity contribution in [3.05, 3.63) is 46.8 Å². The molecular formula is C14H15NO4S2. The van der Waals surface area contributed by atoms with Crippen LogP contribution in [-0.4, -0.2) is 20.9 Å². The maximum absolute atomic E-state index is 12.0. The van der Waals surface area contributed by atoms with E-state index in [-0.39, 0.29) is 4.21 Å². The summed E-state index contributed by atoms with van der Waals surface area (Å²) in [7, 11) is -3.67. The lowest BCUT2D eigenvalue weighted by Crippen LogP contribution is -2.31. The second kappa shape index (κ2) is 6.38. The van der Waals surface area contributed by atoms with E-state index >= 15 is 0 Å². The molecular weight excluding hydrogens is 310 g/mol. The van der Waals surface area contributed by atoms with Gasteiger partial charge in [-0.2, -0.15) is 4.72 Å². The van der Waals surface area contributed by atoms with Gasteiger partial charge in [-0.05, 0) is 37.6 Å². The molecule has 1 aromatic heterocycles. The fourth-order valence-corrected chi connectivity index (χ4v) is 3.91. The average molecular weight is 325 g/mol. The third kappa shape index (κ3) is 4.13. The van der Waals surface area contributed by atoms with Crippen LogP contribution < -0.4 is 9.46 Å². The first kappa shape index (κ1) is 15.7. The maximum Gasteiger partial charge on any atom is 0.326 e. The standard InChI is InChI=1S/C14H15NO4S2/c1-10-5-3-4-6-12(10)19-13(16)9-15-21(17,18)14-8-7-11(2)20-14/h3-8,15H,9H2,1-2H3. The number of sulfonamides is 1. The molecule has 2 aromatic rings. The molecule has 0 amide bonds. The van der Waals surface area contributed by atoms with Gasteiger partial charge < -0.3 is 4.74 Å². The summed E-state index contributed by atoms with van der Waals surface area (Å²) in [5.74, 6) is -0.227. The Kier molecular flexibility index (Phi) is 4.76. The van der Waals surface area contributed by atoms with Crippen LogP contribution in [0.4, 0.5) is 0 Å². The van der Waals surface area contributed by atoms with Gasteiger partial charge >= 0.3 is 5.97 Å². The molecule has 0 fully saturated rings. The van der Waals surface area contributed by atoms with Gasteiger partial charge in [0.25, 0.3) is 10.0 Å². The number of carbonyl (C=O) groups excluding carboxylic acids is 1. The fraction of sp³-hybridized carbons (Fsp3) is 0.214. The summed E-state index contributed by atoms with van der Waals surface area (Å²) in [6.45, 7) is 3.21. The van der Waals surface area contributed by atoms with Crippen molar-refractivity contribution in [3.63, 3.8) is 0 Å².